The Kier molecular flexibility index (Phi) is 1.85. The fraction of sp³-hybridized carbons (Fsp3) is 0.0909. The van der Waals surface area contributed by atoms with E-state index in [0.717, 1.165) is 16.5 Å². The number of hydrogen-bond donors (Lipinski definition) is 1. The first-order valence-corrected chi connectivity index (χ1v) is 5.01. The Bertz CT molecular complexity index is 748. The van der Waals surface area contributed by atoms with Gasteiger partial charge in [0.25, 0.3) is 0 Å². The third kappa shape index (κ3) is 1.34. The van der Waals surface area contributed by atoms with E-state index in [1.54, 1.807) is 22.7 Å². The Balaban J connectivity index is 2.47. The molecule has 0 spiro atoms. The average Bonchev–Trinajstić information content (AvgIpc) is 2.76. The first-order chi connectivity index (χ1) is 8.16. The van der Waals surface area contributed by atoms with Crippen molar-refractivity contribution in [2.75, 3.05) is 0 Å². The van der Waals surface area contributed by atoms with Crippen LogP contribution in [0.3, 0.4) is 0 Å². The van der Waals surface area contributed by atoms with E-state index < -0.39 is 5.97 Å². The second-order valence-corrected chi connectivity index (χ2v) is 3.81. The molecule has 0 unspecified atom stereocenters. The SMILES string of the molecule is Cc1cc2nnnn2c2ccc(C(=O)O)cc12. The minimum Gasteiger partial charge on any atom is -0.478 e. The summed E-state index contributed by atoms with van der Waals surface area (Å²) >= 11 is 0. The maximum atomic E-state index is 10.9. The molecule has 1 N–H and O–H groups in total. The molecular formula is C11H8N4O2. The van der Waals surface area contributed by atoms with Crippen LogP contribution in [0.1, 0.15) is 15.9 Å². The predicted octanol–water partition coefficient (Wildman–Crippen LogP) is 1.28. The fourth-order valence-electron chi connectivity index (χ4n) is 1.90. The van der Waals surface area contributed by atoms with Gasteiger partial charge in [-0.2, -0.15) is 4.52 Å². The zero-order chi connectivity index (χ0) is 12.0. The Morgan fingerprint density at radius 3 is 2.94 bits per heavy atom. The molecule has 0 fully saturated rings. The smallest absolute Gasteiger partial charge is 0.335 e. The highest BCUT2D eigenvalue weighted by Gasteiger charge is 2.09. The molecular weight excluding hydrogens is 220 g/mol. The number of pyridine rings is 1. The topological polar surface area (TPSA) is 80.4 Å². The van der Waals surface area contributed by atoms with Crippen molar-refractivity contribution in [1.29, 1.82) is 0 Å². The molecule has 3 rings (SSSR count). The molecule has 0 aliphatic carbocycles. The number of tetrazole rings is 1. The van der Waals surface area contributed by atoms with E-state index in [4.69, 9.17) is 5.11 Å². The van der Waals surface area contributed by atoms with Gasteiger partial charge in [-0.05, 0) is 47.2 Å². The van der Waals surface area contributed by atoms with Crippen molar-refractivity contribution in [3.63, 3.8) is 0 Å². The molecule has 0 bridgehead atoms. The van der Waals surface area contributed by atoms with Crippen LogP contribution in [0.2, 0.25) is 0 Å². The Labute approximate surface area is 95.5 Å². The minimum atomic E-state index is -0.942. The van der Waals surface area contributed by atoms with Gasteiger partial charge in [0.1, 0.15) is 0 Å². The molecule has 0 aliphatic rings. The van der Waals surface area contributed by atoms with Crippen molar-refractivity contribution in [3.8, 4) is 0 Å². The van der Waals surface area contributed by atoms with E-state index in [-0.39, 0.29) is 5.56 Å². The Morgan fingerprint density at radius 1 is 1.35 bits per heavy atom. The Morgan fingerprint density at radius 2 is 2.18 bits per heavy atom. The number of hydrogen-bond acceptors (Lipinski definition) is 4. The van der Waals surface area contributed by atoms with Crippen LogP contribution in [-0.2, 0) is 0 Å². The number of benzene rings is 1. The number of carboxylic acids is 1. The van der Waals surface area contributed by atoms with Gasteiger partial charge in [-0.15, -0.1) is 5.10 Å². The first kappa shape index (κ1) is 9.71. The van der Waals surface area contributed by atoms with Gasteiger partial charge in [0, 0.05) is 5.39 Å². The number of nitrogens with zero attached hydrogens (tertiary/aromatic N) is 4. The lowest BCUT2D eigenvalue weighted by Gasteiger charge is -2.04. The van der Waals surface area contributed by atoms with E-state index in [0.29, 0.717) is 5.65 Å². The van der Waals surface area contributed by atoms with E-state index in [9.17, 15) is 4.79 Å². The second kappa shape index (κ2) is 3.24. The molecule has 0 saturated carbocycles. The summed E-state index contributed by atoms with van der Waals surface area (Å²) in [6, 6.07) is 6.72. The summed E-state index contributed by atoms with van der Waals surface area (Å²) < 4.78 is 1.59. The summed E-state index contributed by atoms with van der Waals surface area (Å²) in [5.74, 6) is -0.942. The lowest BCUT2D eigenvalue weighted by molar-refractivity contribution is 0.0697. The number of carboxylic acid groups (broad SMARTS) is 1. The van der Waals surface area contributed by atoms with Crippen LogP contribution in [0.5, 0.6) is 0 Å². The molecule has 2 heterocycles. The van der Waals surface area contributed by atoms with Gasteiger partial charge < -0.3 is 5.11 Å². The van der Waals surface area contributed by atoms with Crippen LogP contribution < -0.4 is 0 Å². The molecule has 6 heteroatoms. The minimum absolute atomic E-state index is 0.257. The zero-order valence-corrected chi connectivity index (χ0v) is 8.95. The number of rotatable bonds is 1. The van der Waals surface area contributed by atoms with Gasteiger partial charge in [-0.1, -0.05) is 0 Å². The van der Waals surface area contributed by atoms with Crippen molar-refractivity contribution in [3.05, 3.63) is 35.4 Å². The summed E-state index contributed by atoms with van der Waals surface area (Å²) in [5.41, 5.74) is 2.66. The highest BCUT2D eigenvalue weighted by atomic mass is 16.4. The van der Waals surface area contributed by atoms with Gasteiger partial charge in [0.05, 0.1) is 11.1 Å². The quantitative estimate of drug-likeness (QED) is 0.678. The number of fused-ring (bicyclic) bond motifs is 3. The maximum Gasteiger partial charge on any atom is 0.335 e. The molecule has 6 nitrogen and oxygen atoms in total. The standard InChI is InChI=1S/C11H8N4O2/c1-6-4-10-12-13-14-15(10)9-3-2-7(11(16)17)5-8(6)9/h2-5H,1H3,(H,16,17). The van der Waals surface area contributed by atoms with E-state index in [1.807, 2.05) is 13.0 Å². The third-order valence-corrected chi connectivity index (χ3v) is 2.74. The summed E-state index contributed by atoms with van der Waals surface area (Å²) in [6.07, 6.45) is 0. The van der Waals surface area contributed by atoms with E-state index in [2.05, 4.69) is 15.5 Å². The number of aromatic nitrogens is 4. The number of carbonyl (C=O) groups is 1. The van der Waals surface area contributed by atoms with Gasteiger partial charge in [0.2, 0.25) is 0 Å². The molecule has 1 aromatic carbocycles. The summed E-state index contributed by atoms with van der Waals surface area (Å²) in [6.45, 7) is 1.91. The molecule has 0 radical (unpaired) electrons. The van der Waals surface area contributed by atoms with Crippen LogP contribution >= 0.6 is 0 Å². The fourth-order valence-corrected chi connectivity index (χ4v) is 1.90. The van der Waals surface area contributed by atoms with Crippen LogP contribution in [0.4, 0.5) is 0 Å². The lowest BCUT2D eigenvalue weighted by atomic mass is 10.1. The number of aryl methyl sites for hydroxylation is 1. The van der Waals surface area contributed by atoms with Crippen molar-refractivity contribution in [1.82, 2.24) is 20.0 Å². The maximum absolute atomic E-state index is 10.9. The van der Waals surface area contributed by atoms with Crippen molar-refractivity contribution < 1.29 is 9.90 Å². The first-order valence-electron chi connectivity index (χ1n) is 5.01. The van der Waals surface area contributed by atoms with Crippen LogP contribution in [-0.4, -0.2) is 31.1 Å². The van der Waals surface area contributed by atoms with Crippen molar-refractivity contribution in [2.24, 2.45) is 0 Å². The molecule has 0 saturated heterocycles. The normalized spacial score (nSPS) is 11.1. The van der Waals surface area contributed by atoms with Crippen LogP contribution in [0, 0.1) is 6.92 Å². The van der Waals surface area contributed by atoms with Gasteiger partial charge >= 0.3 is 5.97 Å². The molecule has 0 aliphatic heterocycles. The van der Waals surface area contributed by atoms with Crippen LogP contribution in [0.25, 0.3) is 16.6 Å². The highest BCUT2D eigenvalue weighted by molar-refractivity contribution is 5.95. The van der Waals surface area contributed by atoms with E-state index in [1.165, 1.54) is 0 Å². The largest absolute Gasteiger partial charge is 0.478 e. The molecule has 84 valence electrons. The monoisotopic (exact) mass is 228 g/mol. The zero-order valence-electron chi connectivity index (χ0n) is 8.95. The molecule has 3 aromatic rings. The summed E-state index contributed by atoms with van der Waals surface area (Å²) in [7, 11) is 0. The van der Waals surface area contributed by atoms with Crippen molar-refractivity contribution >= 4 is 22.5 Å². The molecule has 0 amide bonds. The number of aromatic carboxylic acids is 1. The van der Waals surface area contributed by atoms with Crippen LogP contribution in [0.15, 0.2) is 24.3 Å². The second-order valence-electron chi connectivity index (χ2n) is 3.81. The van der Waals surface area contributed by atoms with E-state index >= 15 is 0 Å². The molecule has 0 atom stereocenters. The molecule has 2 aromatic heterocycles. The lowest BCUT2D eigenvalue weighted by Crippen LogP contribution is -1.98. The summed E-state index contributed by atoms with van der Waals surface area (Å²) in [5, 5.41) is 21.1. The third-order valence-electron chi connectivity index (χ3n) is 2.74. The average molecular weight is 228 g/mol. The van der Waals surface area contributed by atoms with Crippen molar-refractivity contribution in [2.45, 2.75) is 6.92 Å². The van der Waals surface area contributed by atoms with Gasteiger partial charge in [0.15, 0.2) is 5.65 Å². The summed E-state index contributed by atoms with van der Waals surface area (Å²) in [4.78, 5) is 10.9. The Hall–Kier alpha value is -2.50. The van der Waals surface area contributed by atoms with Gasteiger partial charge in [-0.25, -0.2) is 4.79 Å². The predicted molar refractivity (Wildman–Crippen MR) is 60.0 cm³/mol. The van der Waals surface area contributed by atoms with Gasteiger partial charge in [-0.3, -0.25) is 0 Å². The highest BCUT2D eigenvalue weighted by Crippen LogP contribution is 2.21. The molecule has 17 heavy (non-hydrogen) atoms.